The molecule has 2 aromatic carbocycles. The number of benzene rings is 2. The number of para-hydroxylation sites is 1. The van der Waals surface area contributed by atoms with Gasteiger partial charge >= 0.3 is 0 Å². The van der Waals surface area contributed by atoms with E-state index in [1.165, 1.54) is 17.7 Å². The molecule has 0 saturated carbocycles. The van der Waals surface area contributed by atoms with Crippen molar-refractivity contribution < 1.29 is 14.5 Å². The number of nitrogens with zero attached hydrogens (tertiary/aromatic N) is 2. The lowest BCUT2D eigenvalue weighted by atomic mass is 10.0. The van der Waals surface area contributed by atoms with Gasteiger partial charge in [0.25, 0.3) is 11.6 Å². The molecule has 136 valence electrons. The second-order valence-corrected chi connectivity index (χ2v) is 6.43. The molecule has 1 aliphatic rings. The van der Waals surface area contributed by atoms with Crippen LogP contribution in [0.3, 0.4) is 0 Å². The number of carbonyl (C=O) groups excluding carboxylic acids is 1. The van der Waals surface area contributed by atoms with Crippen LogP contribution in [-0.2, 0) is 6.42 Å². The average molecular weight is 355 g/mol. The van der Waals surface area contributed by atoms with Gasteiger partial charge in [-0.2, -0.15) is 0 Å². The molecule has 1 N–H and O–H groups in total. The summed E-state index contributed by atoms with van der Waals surface area (Å²) in [6.45, 7) is 1.04. The van der Waals surface area contributed by atoms with Crippen LogP contribution in [0.1, 0.15) is 27.5 Å². The van der Waals surface area contributed by atoms with Gasteiger partial charge in [0.2, 0.25) is 0 Å². The van der Waals surface area contributed by atoms with Gasteiger partial charge in [-0.15, -0.1) is 0 Å². The molecule has 0 aromatic heterocycles. The number of rotatable bonds is 6. The highest BCUT2D eigenvalue weighted by Gasteiger charge is 2.22. The third-order valence-corrected chi connectivity index (χ3v) is 4.52. The number of nitro groups is 1. The maximum Gasteiger partial charge on any atom is 0.282 e. The van der Waals surface area contributed by atoms with Crippen LogP contribution >= 0.6 is 0 Å². The molecule has 0 fully saturated rings. The van der Waals surface area contributed by atoms with E-state index in [-0.39, 0.29) is 17.3 Å². The normalized spacial score (nSPS) is 13.8. The van der Waals surface area contributed by atoms with Crippen molar-refractivity contribution in [1.82, 2.24) is 10.2 Å². The lowest BCUT2D eigenvalue weighted by Crippen LogP contribution is -2.34. The Morgan fingerprint density at radius 1 is 1.31 bits per heavy atom. The van der Waals surface area contributed by atoms with E-state index in [1.54, 1.807) is 12.1 Å². The van der Waals surface area contributed by atoms with Crippen LogP contribution in [0.2, 0.25) is 0 Å². The van der Waals surface area contributed by atoms with Crippen molar-refractivity contribution >= 4 is 11.6 Å². The largest absolute Gasteiger partial charge is 0.493 e. The number of amides is 1. The second-order valence-electron chi connectivity index (χ2n) is 6.43. The van der Waals surface area contributed by atoms with Gasteiger partial charge < -0.3 is 15.0 Å². The maximum absolute atomic E-state index is 12.5. The lowest BCUT2D eigenvalue weighted by Gasteiger charge is -2.25. The van der Waals surface area contributed by atoms with Crippen LogP contribution in [0, 0.1) is 10.1 Å². The predicted octanol–water partition coefficient (Wildman–Crippen LogP) is 2.56. The zero-order valence-corrected chi connectivity index (χ0v) is 14.8. The van der Waals surface area contributed by atoms with Gasteiger partial charge in [-0.3, -0.25) is 14.9 Å². The van der Waals surface area contributed by atoms with Crippen LogP contribution < -0.4 is 10.1 Å². The third kappa shape index (κ3) is 3.67. The molecule has 1 amide bonds. The molecule has 0 saturated heterocycles. The summed E-state index contributed by atoms with van der Waals surface area (Å²) in [5.74, 6) is 0.462. The molecule has 1 aliphatic heterocycles. The number of carbonyl (C=O) groups is 1. The van der Waals surface area contributed by atoms with E-state index in [9.17, 15) is 14.9 Å². The summed E-state index contributed by atoms with van der Waals surface area (Å²) < 4.78 is 5.54. The van der Waals surface area contributed by atoms with Crippen molar-refractivity contribution in [3.8, 4) is 5.75 Å². The first kappa shape index (κ1) is 17.9. The molecular formula is C19H21N3O4. The SMILES string of the molecule is CN(C)C(CNC(=O)c1ccccc1[N+](=O)[O-])c1ccc2c(c1)CCO2. The fourth-order valence-electron chi connectivity index (χ4n) is 3.12. The number of ether oxygens (including phenoxy) is 1. The van der Waals surface area contributed by atoms with Crippen LogP contribution in [0.4, 0.5) is 5.69 Å². The van der Waals surface area contributed by atoms with Gasteiger partial charge in [0.1, 0.15) is 11.3 Å². The molecule has 7 nitrogen and oxygen atoms in total. The minimum absolute atomic E-state index is 0.0485. The molecule has 0 aliphatic carbocycles. The summed E-state index contributed by atoms with van der Waals surface area (Å²) in [7, 11) is 3.87. The summed E-state index contributed by atoms with van der Waals surface area (Å²) in [4.78, 5) is 25.0. The number of hydrogen-bond donors (Lipinski definition) is 1. The predicted molar refractivity (Wildman–Crippen MR) is 97.5 cm³/mol. The lowest BCUT2D eigenvalue weighted by molar-refractivity contribution is -0.385. The van der Waals surface area contributed by atoms with Crippen LogP contribution in [0.25, 0.3) is 0 Å². The number of nitrogens with one attached hydrogen (secondary N) is 1. The first-order valence-electron chi connectivity index (χ1n) is 8.41. The van der Waals surface area contributed by atoms with Crippen molar-refractivity contribution in [2.45, 2.75) is 12.5 Å². The number of likely N-dealkylation sites (N-methyl/N-ethyl adjacent to an activating group) is 1. The van der Waals surface area contributed by atoms with E-state index in [0.717, 1.165) is 17.7 Å². The molecule has 3 rings (SSSR count). The van der Waals surface area contributed by atoms with Crippen LogP contribution in [0.15, 0.2) is 42.5 Å². The van der Waals surface area contributed by atoms with E-state index < -0.39 is 10.8 Å². The summed E-state index contributed by atoms with van der Waals surface area (Å²) in [6.07, 6.45) is 0.881. The van der Waals surface area contributed by atoms with Gasteiger partial charge in [0.15, 0.2) is 0 Å². The first-order valence-corrected chi connectivity index (χ1v) is 8.41. The summed E-state index contributed by atoms with van der Waals surface area (Å²) >= 11 is 0. The highest BCUT2D eigenvalue weighted by molar-refractivity contribution is 5.98. The molecule has 0 bridgehead atoms. The topological polar surface area (TPSA) is 84.7 Å². The fraction of sp³-hybridized carbons (Fsp3) is 0.316. The Bertz CT molecular complexity index is 835. The van der Waals surface area contributed by atoms with E-state index in [4.69, 9.17) is 4.74 Å². The molecule has 1 unspecified atom stereocenters. The molecule has 2 aromatic rings. The molecule has 26 heavy (non-hydrogen) atoms. The monoisotopic (exact) mass is 355 g/mol. The smallest absolute Gasteiger partial charge is 0.282 e. The van der Waals surface area contributed by atoms with Crippen molar-refractivity contribution in [2.75, 3.05) is 27.2 Å². The Hall–Kier alpha value is -2.93. The number of fused-ring (bicyclic) bond motifs is 1. The van der Waals surface area contributed by atoms with E-state index in [1.807, 2.05) is 31.1 Å². The molecule has 0 radical (unpaired) electrons. The Labute approximate surface area is 151 Å². The highest BCUT2D eigenvalue weighted by atomic mass is 16.6. The Morgan fingerprint density at radius 3 is 2.81 bits per heavy atom. The Balaban J connectivity index is 1.76. The van der Waals surface area contributed by atoms with Gasteiger partial charge in [-0.1, -0.05) is 24.3 Å². The number of nitro benzene ring substituents is 1. The Kier molecular flexibility index (Phi) is 5.18. The quantitative estimate of drug-likeness (QED) is 0.636. The summed E-state index contributed by atoms with van der Waals surface area (Å²) in [5, 5.41) is 13.9. The van der Waals surface area contributed by atoms with Crippen molar-refractivity contribution in [2.24, 2.45) is 0 Å². The number of hydrogen-bond acceptors (Lipinski definition) is 5. The molecule has 7 heteroatoms. The van der Waals surface area contributed by atoms with Crippen LogP contribution in [0.5, 0.6) is 5.75 Å². The van der Waals surface area contributed by atoms with Gasteiger partial charge in [0, 0.05) is 19.0 Å². The van der Waals surface area contributed by atoms with E-state index in [0.29, 0.717) is 13.2 Å². The molecule has 0 spiro atoms. The maximum atomic E-state index is 12.5. The highest BCUT2D eigenvalue weighted by Crippen LogP contribution is 2.29. The van der Waals surface area contributed by atoms with Gasteiger partial charge in [-0.05, 0) is 37.4 Å². The Morgan fingerprint density at radius 2 is 2.08 bits per heavy atom. The van der Waals surface area contributed by atoms with Gasteiger partial charge in [0.05, 0.1) is 17.6 Å². The molecule has 1 atom stereocenters. The van der Waals surface area contributed by atoms with Crippen molar-refractivity contribution in [3.63, 3.8) is 0 Å². The van der Waals surface area contributed by atoms with E-state index >= 15 is 0 Å². The molecular weight excluding hydrogens is 334 g/mol. The average Bonchev–Trinajstić information content (AvgIpc) is 3.09. The zero-order chi connectivity index (χ0) is 18.7. The minimum atomic E-state index is -0.543. The van der Waals surface area contributed by atoms with Crippen LogP contribution in [-0.4, -0.2) is 43.0 Å². The fourth-order valence-corrected chi connectivity index (χ4v) is 3.12. The summed E-state index contributed by atoms with van der Waals surface area (Å²) in [5.41, 5.74) is 2.11. The second kappa shape index (κ2) is 7.53. The third-order valence-electron chi connectivity index (χ3n) is 4.52. The van der Waals surface area contributed by atoms with Gasteiger partial charge in [-0.25, -0.2) is 0 Å². The van der Waals surface area contributed by atoms with E-state index in [2.05, 4.69) is 11.4 Å². The minimum Gasteiger partial charge on any atom is -0.493 e. The standard InChI is InChI=1S/C19H21N3O4/c1-21(2)17(13-7-8-18-14(11-13)9-10-26-18)12-20-19(23)15-5-3-4-6-16(15)22(24)25/h3-8,11,17H,9-10,12H2,1-2H3,(H,20,23). The summed E-state index contributed by atoms with van der Waals surface area (Å²) in [6, 6.07) is 12.0. The molecule has 1 heterocycles. The first-order chi connectivity index (χ1) is 12.5. The zero-order valence-electron chi connectivity index (χ0n) is 14.8. The van der Waals surface area contributed by atoms with Crippen molar-refractivity contribution in [1.29, 1.82) is 0 Å². The van der Waals surface area contributed by atoms with Crippen molar-refractivity contribution in [3.05, 3.63) is 69.3 Å².